The van der Waals surface area contributed by atoms with E-state index in [1.807, 2.05) is 42.5 Å². The second-order valence-corrected chi connectivity index (χ2v) is 4.40. The molecule has 1 nitrogen and oxygen atoms in total. The number of carbonyl (C=O) groups excluding carboxylic acids is 1. The van der Waals surface area contributed by atoms with Crippen LogP contribution in [0.3, 0.4) is 0 Å². The SMILES string of the molecule is C=C(Cc1ccc(C(C)=O)cc1)c1ccccc1. The van der Waals surface area contributed by atoms with Gasteiger partial charge in [-0.1, -0.05) is 61.2 Å². The Hall–Kier alpha value is -2.15. The van der Waals surface area contributed by atoms with Crippen LogP contribution in [0.25, 0.3) is 5.57 Å². The van der Waals surface area contributed by atoms with Crippen molar-refractivity contribution in [2.75, 3.05) is 0 Å². The molecule has 2 rings (SSSR count). The summed E-state index contributed by atoms with van der Waals surface area (Å²) in [7, 11) is 0. The van der Waals surface area contributed by atoms with Gasteiger partial charge in [-0.05, 0) is 30.0 Å². The molecule has 0 saturated carbocycles. The molecular weight excluding hydrogens is 220 g/mol. The Morgan fingerprint density at radius 3 is 2.11 bits per heavy atom. The van der Waals surface area contributed by atoms with Gasteiger partial charge in [0.05, 0.1) is 0 Å². The molecule has 0 fully saturated rings. The second kappa shape index (κ2) is 5.46. The fourth-order valence-electron chi connectivity index (χ4n) is 1.88. The summed E-state index contributed by atoms with van der Waals surface area (Å²) in [5.41, 5.74) is 4.18. The van der Waals surface area contributed by atoms with E-state index in [1.165, 1.54) is 5.56 Å². The number of ketones is 1. The van der Waals surface area contributed by atoms with E-state index in [0.29, 0.717) is 0 Å². The number of rotatable bonds is 4. The molecule has 2 aromatic rings. The van der Waals surface area contributed by atoms with E-state index in [1.54, 1.807) is 6.92 Å². The van der Waals surface area contributed by atoms with Crippen LogP contribution in [0.15, 0.2) is 61.2 Å². The van der Waals surface area contributed by atoms with Gasteiger partial charge in [-0.15, -0.1) is 0 Å². The molecule has 0 aliphatic heterocycles. The van der Waals surface area contributed by atoms with Crippen LogP contribution < -0.4 is 0 Å². The Labute approximate surface area is 108 Å². The van der Waals surface area contributed by atoms with Gasteiger partial charge in [-0.25, -0.2) is 0 Å². The quantitative estimate of drug-likeness (QED) is 0.729. The summed E-state index contributed by atoms with van der Waals surface area (Å²) in [6, 6.07) is 17.9. The van der Waals surface area contributed by atoms with Gasteiger partial charge in [0.1, 0.15) is 0 Å². The topological polar surface area (TPSA) is 17.1 Å². The lowest BCUT2D eigenvalue weighted by Gasteiger charge is -2.06. The van der Waals surface area contributed by atoms with Gasteiger partial charge in [-0.2, -0.15) is 0 Å². The maximum atomic E-state index is 11.2. The van der Waals surface area contributed by atoms with E-state index < -0.39 is 0 Å². The van der Waals surface area contributed by atoms with Crippen molar-refractivity contribution in [1.29, 1.82) is 0 Å². The van der Waals surface area contributed by atoms with Crippen molar-refractivity contribution in [1.82, 2.24) is 0 Å². The number of hydrogen-bond donors (Lipinski definition) is 0. The van der Waals surface area contributed by atoms with Gasteiger partial charge in [0.15, 0.2) is 5.78 Å². The third-order valence-electron chi connectivity index (χ3n) is 2.96. The molecule has 2 aromatic carbocycles. The zero-order chi connectivity index (χ0) is 13.0. The minimum absolute atomic E-state index is 0.100. The second-order valence-electron chi connectivity index (χ2n) is 4.40. The molecule has 1 heteroatoms. The molecule has 0 amide bonds. The van der Waals surface area contributed by atoms with E-state index >= 15 is 0 Å². The molecule has 0 spiro atoms. The maximum absolute atomic E-state index is 11.2. The van der Waals surface area contributed by atoms with Crippen molar-refractivity contribution >= 4 is 11.4 Å². The Bertz CT molecular complexity index is 550. The van der Waals surface area contributed by atoms with Gasteiger partial charge in [0.2, 0.25) is 0 Å². The highest BCUT2D eigenvalue weighted by Gasteiger charge is 2.02. The molecule has 18 heavy (non-hydrogen) atoms. The van der Waals surface area contributed by atoms with E-state index in [9.17, 15) is 4.79 Å². The summed E-state index contributed by atoms with van der Waals surface area (Å²) >= 11 is 0. The van der Waals surface area contributed by atoms with Gasteiger partial charge < -0.3 is 0 Å². The first-order valence-electron chi connectivity index (χ1n) is 6.00. The summed E-state index contributed by atoms with van der Waals surface area (Å²) in [6.45, 7) is 5.69. The summed E-state index contributed by atoms with van der Waals surface area (Å²) in [6.07, 6.45) is 0.808. The summed E-state index contributed by atoms with van der Waals surface area (Å²) in [5, 5.41) is 0. The lowest BCUT2D eigenvalue weighted by molar-refractivity contribution is 0.101. The van der Waals surface area contributed by atoms with Crippen LogP contribution in [0, 0.1) is 0 Å². The molecule has 0 atom stereocenters. The molecule has 0 radical (unpaired) electrons. The molecule has 0 aromatic heterocycles. The molecular formula is C17H16O. The predicted octanol–water partition coefficient (Wildman–Crippen LogP) is 4.15. The molecule has 0 saturated heterocycles. The third kappa shape index (κ3) is 2.95. The molecule has 0 heterocycles. The van der Waals surface area contributed by atoms with Crippen molar-refractivity contribution in [2.45, 2.75) is 13.3 Å². The first-order valence-corrected chi connectivity index (χ1v) is 6.00. The molecule has 0 unspecified atom stereocenters. The van der Waals surface area contributed by atoms with E-state index in [4.69, 9.17) is 0 Å². The van der Waals surface area contributed by atoms with Gasteiger partial charge in [0, 0.05) is 5.56 Å². The van der Waals surface area contributed by atoms with E-state index in [0.717, 1.165) is 23.1 Å². The standard InChI is InChI=1S/C17H16O/c1-13(16-6-4-3-5-7-16)12-15-8-10-17(11-9-15)14(2)18/h3-11H,1,12H2,2H3. The summed E-state index contributed by atoms with van der Waals surface area (Å²) in [4.78, 5) is 11.2. The Morgan fingerprint density at radius 2 is 1.56 bits per heavy atom. The van der Waals surface area contributed by atoms with Crippen LogP contribution in [-0.2, 0) is 6.42 Å². The molecule has 0 aliphatic carbocycles. The van der Waals surface area contributed by atoms with Crippen LogP contribution >= 0.6 is 0 Å². The molecule has 0 bridgehead atoms. The van der Waals surface area contributed by atoms with Gasteiger partial charge in [0.25, 0.3) is 0 Å². The fraction of sp³-hybridized carbons (Fsp3) is 0.118. The van der Waals surface area contributed by atoms with Crippen LogP contribution in [0.1, 0.15) is 28.4 Å². The average molecular weight is 236 g/mol. The minimum atomic E-state index is 0.100. The van der Waals surface area contributed by atoms with Crippen molar-refractivity contribution in [2.24, 2.45) is 0 Å². The first kappa shape index (κ1) is 12.3. The van der Waals surface area contributed by atoms with Crippen LogP contribution in [0.2, 0.25) is 0 Å². The Balaban J connectivity index is 2.10. The zero-order valence-corrected chi connectivity index (χ0v) is 10.5. The lowest BCUT2D eigenvalue weighted by Crippen LogP contribution is -1.93. The van der Waals surface area contributed by atoms with Crippen molar-refractivity contribution < 1.29 is 4.79 Å². The Kier molecular flexibility index (Phi) is 3.73. The van der Waals surface area contributed by atoms with Crippen LogP contribution in [0.5, 0.6) is 0 Å². The van der Waals surface area contributed by atoms with Gasteiger partial charge >= 0.3 is 0 Å². The zero-order valence-electron chi connectivity index (χ0n) is 10.5. The largest absolute Gasteiger partial charge is 0.295 e. The highest BCUT2D eigenvalue weighted by atomic mass is 16.1. The number of allylic oxidation sites excluding steroid dienone is 1. The lowest BCUT2D eigenvalue weighted by atomic mass is 9.98. The van der Waals surface area contributed by atoms with Crippen molar-refractivity contribution in [3.63, 3.8) is 0 Å². The number of carbonyl (C=O) groups is 1. The van der Waals surface area contributed by atoms with Crippen molar-refractivity contribution in [3.05, 3.63) is 77.9 Å². The summed E-state index contributed by atoms with van der Waals surface area (Å²) in [5.74, 6) is 0.100. The number of Topliss-reactive ketones (excluding diaryl/α,β-unsaturated/α-hetero) is 1. The third-order valence-corrected chi connectivity index (χ3v) is 2.96. The molecule has 0 aliphatic rings. The number of hydrogen-bond acceptors (Lipinski definition) is 1. The fourth-order valence-corrected chi connectivity index (χ4v) is 1.88. The number of benzene rings is 2. The average Bonchev–Trinajstić information content (AvgIpc) is 2.40. The van der Waals surface area contributed by atoms with Crippen LogP contribution in [-0.4, -0.2) is 5.78 Å². The smallest absolute Gasteiger partial charge is 0.159 e. The Morgan fingerprint density at radius 1 is 0.944 bits per heavy atom. The predicted molar refractivity (Wildman–Crippen MR) is 75.6 cm³/mol. The minimum Gasteiger partial charge on any atom is -0.295 e. The van der Waals surface area contributed by atoms with Crippen molar-refractivity contribution in [3.8, 4) is 0 Å². The highest BCUT2D eigenvalue weighted by Crippen LogP contribution is 2.18. The van der Waals surface area contributed by atoms with Crippen LogP contribution in [0.4, 0.5) is 0 Å². The molecule has 0 N–H and O–H groups in total. The normalized spacial score (nSPS) is 10.1. The monoisotopic (exact) mass is 236 g/mol. The highest BCUT2D eigenvalue weighted by molar-refractivity contribution is 5.94. The first-order chi connectivity index (χ1) is 8.66. The van der Waals surface area contributed by atoms with Gasteiger partial charge in [-0.3, -0.25) is 4.79 Å². The van der Waals surface area contributed by atoms with E-state index in [-0.39, 0.29) is 5.78 Å². The van der Waals surface area contributed by atoms with E-state index in [2.05, 4.69) is 18.7 Å². The maximum Gasteiger partial charge on any atom is 0.159 e. The summed E-state index contributed by atoms with van der Waals surface area (Å²) < 4.78 is 0. The molecule has 90 valence electrons.